The highest BCUT2D eigenvalue weighted by Gasteiger charge is 2.50. The third-order valence-corrected chi connectivity index (χ3v) is 11.5. The molecule has 0 saturated carbocycles. The number of nitrogens with zero attached hydrogens (tertiary/aromatic N) is 7. The highest BCUT2D eigenvalue weighted by atomic mass is 127. The van der Waals surface area contributed by atoms with Crippen LogP contribution < -0.4 is 4.74 Å². The van der Waals surface area contributed by atoms with Gasteiger partial charge in [-0.1, -0.05) is 12.0 Å². The van der Waals surface area contributed by atoms with Crippen molar-refractivity contribution in [3.8, 4) is 17.0 Å². The van der Waals surface area contributed by atoms with Crippen molar-refractivity contribution >= 4 is 52.7 Å². The van der Waals surface area contributed by atoms with Crippen molar-refractivity contribution in [1.29, 1.82) is 0 Å². The number of aromatic nitrogens is 6. The maximum atomic E-state index is 11.9. The van der Waals surface area contributed by atoms with Crippen LogP contribution in [0.4, 0.5) is 0 Å². The molecular formula is C36H49BIN7O6. The molecule has 51 heavy (non-hydrogen) atoms. The predicted octanol–water partition coefficient (Wildman–Crippen LogP) is 5.96. The van der Waals surface area contributed by atoms with Gasteiger partial charge in [0.2, 0.25) is 5.88 Å². The van der Waals surface area contributed by atoms with E-state index in [1.807, 2.05) is 43.9 Å². The summed E-state index contributed by atoms with van der Waals surface area (Å²) < 4.78 is 36.6. The lowest BCUT2D eigenvalue weighted by atomic mass is 9.89. The van der Waals surface area contributed by atoms with Gasteiger partial charge in [-0.2, -0.15) is 15.3 Å². The maximum absolute atomic E-state index is 11.9. The van der Waals surface area contributed by atoms with Gasteiger partial charge in [0, 0.05) is 37.8 Å². The van der Waals surface area contributed by atoms with Crippen LogP contribution in [0.2, 0.25) is 0 Å². The molecule has 13 nitrogen and oxygen atoms in total. The lowest BCUT2D eigenvalue weighted by Crippen LogP contribution is -2.41. The van der Waals surface area contributed by atoms with E-state index in [9.17, 15) is 4.79 Å². The molecule has 0 spiro atoms. The van der Waals surface area contributed by atoms with Gasteiger partial charge in [-0.05, 0) is 114 Å². The van der Waals surface area contributed by atoms with Crippen molar-refractivity contribution in [2.45, 2.75) is 97.4 Å². The summed E-state index contributed by atoms with van der Waals surface area (Å²) >= 11 is 2.29. The van der Waals surface area contributed by atoms with Gasteiger partial charge < -0.3 is 23.5 Å². The molecule has 0 radical (unpaired) electrons. The average Bonchev–Trinajstić information content (AvgIpc) is 3.77. The van der Waals surface area contributed by atoms with Crippen molar-refractivity contribution in [3.63, 3.8) is 0 Å². The van der Waals surface area contributed by atoms with E-state index in [0.717, 1.165) is 68.6 Å². The monoisotopic (exact) mass is 813 g/mol. The molecule has 5 heterocycles. The summed E-state index contributed by atoms with van der Waals surface area (Å²) in [7, 11) is 4.83. The van der Waals surface area contributed by atoms with Crippen molar-refractivity contribution in [2.75, 3.05) is 27.3 Å². The Morgan fingerprint density at radius 2 is 1.94 bits per heavy atom. The number of benzene rings is 1. The van der Waals surface area contributed by atoms with Crippen LogP contribution in [-0.4, -0.2) is 91.9 Å². The SMILES string of the molecule is COC(=O)Cn1nc(CN(C)C[C@H](C)Oc2c(-c3ccc4c(c3)c(/C=C/B3OC(C)(C)C(C)(C)O3)nn4C3CCCCO3)cnn2C)c(I)c1C. The molecule has 0 bridgehead atoms. The van der Waals surface area contributed by atoms with Crippen LogP contribution in [0, 0.1) is 10.5 Å². The van der Waals surface area contributed by atoms with Crippen molar-refractivity contribution < 1.29 is 28.3 Å². The number of carbonyl (C=O) groups excluding carboxylic acids is 1. The van der Waals surface area contributed by atoms with Crippen LogP contribution in [0.15, 0.2) is 30.4 Å². The second-order valence-electron chi connectivity index (χ2n) is 14.6. The molecule has 0 N–H and O–H groups in total. The van der Waals surface area contributed by atoms with Crippen molar-refractivity contribution in [1.82, 2.24) is 34.2 Å². The zero-order valence-corrected chi connectivity index (χ0v) is 33.3. The van der Waals surface area contributed by atoms with Crippen LogP contribution >= 0.6 is 22.6 Å². The minimum absolute atomic E-state index is 0.0869. The van der Waals surface area contributed by atoms with Crippen LogP contribution in [0.1, 0.15) is 77.2 Å². The van der Waals surface area contributed by atoms with E-state index in [4.69, 9.17) is 28.6 Å². The number of rotatable bonds is 12. The largest absolute Gasteiger partial charge is 0.487 e. The molecule has 1 unspecified atom stereocenters. The fourth-order valence-electron chi connectivity index (χ4n) is 6.51. The third kappa shape index (κ3) is 7.92. The Kier molecular flexibility index (Phi) is 11.0. The first-order valence-corrected chi connectivity index (χ1v) is 18.6. The molecule has 3 aromatic heterocycles. The quantitative estimate of drug-likeness (QED) is 0.0963. The normalized spacial score (nSPS) is 19.4. The molecule has 0 amide bonds. The Labute approximate surface area is 313 Å². The summed E-state index contributed by atoms with van der Waals surface area (Å²) in [5.41, 5.74) is 4.67. The number of hydrogen-bond acceptors (Lipinski definition) is 10. The van der Waals surface area contributed by atoms with Gasteiger partial charge in [0.1, 0.15) is 12.6 Å². The Bertz CT molecular complexity index is 1890. The first-order valence-electron chi connectivity index (χ1n) is 17.5. The molecule has 15 heteroatoms. The van der Waals surface area contributed by atoms with Crippen molar-refractivity contribution in [3.05, 3.63) is 51.0 Å². The standard InChI is InChI=1S/C36H49BIN7O6/c1-23(20-42(7)21-29-33(38)24(2)44(40-29)22-32(46)47-9)49-34-27(19-39-43(34)8)25-13-14-30-26(18-25)28(41-45(30)31-12-10-11-17-48-31)15-16-37-50-35(3,4)36(5,6)51-37/h13-16,18-19,23,31H,10-12,17,20-22H2,1-9H3/b16-15+/t23-,31?/m0/s1. The number of likely N-dealkylation sites (N-methyl/N-ethyl adjacent to an activating group) is 1. The second kappa shape index (κ2) is 15.0. The minimum atomic E-state index is -0.481. The summed E-state index contributed by atoms with van der Waals surface area (Å²) in [6.07, 6.45) is 6.65. The van der Waals surface area contributed by atoms with Gasteiger partial charge in [-0.15, -0.1) is 0 Å². The first-order chi connectivity index (χ1) is 24.2. The van der Waals surface area contributed by atoms with Crippen LogP contribution in [0.3, 0.4) is 0 Å². The van der Waals surface area contributed by atoms with E-state index in [1.54, 1.807) is 9.36 Å². The van der Waals surface area contributed by atoms with E-state index in [0.29, 0.717) is 19.0 Å². The lowest BCUT2D eigenvalue weighted by Gasteiger charge is -2.32. The maximum Gasteiger partial charge on any atom is 0.487 e. The van der Waals surface area contributed by atoms with E-state index < -0.39 is 18.3 Å². The number of esters is 1. The summed E-state index contributed by atoms with van der Waals surface area (Å²) in [5, 5.41) is 15.3. The smallest absolute Gasteiger partial charge is 0.473 e. The number of carbonyl (C=O) groups is 1. The molecule has 0 aliphatic carbocycles. The topological polar surface area (TPSA) is 120 Å². The molecule has 2 aliphatic rings. The Morgan fingerprint density at radius 1 is 1.20 bits per heavy atom. The zero-order chi connectivity index (χ0) is 36.7. The van der Waals surface area contributed by atoms with E-state index in [2.05, 4.69) is 90.5 Å². The molecule has 4 aromatic rings. The van der Waals surface area contributed by atoms with Crippen LogP contribution in [0.5, 0.6) is 5.88 Å². The number of halogens is 1. The fraction of sp³-hybridized carbons (Fsp3) is 0.556. The summed E-state index contributed by atoms with van der Waals surface area (Å²) in [4.78, 5) is 14.0. The fourth-order valence-corrected chi connectivity index (χ4v) is 7.06. The summed E-state index contributed by atoms with van der Waals surface area (Å²) in [6.45, 7) is 14.3. The van der Waals surface area contributed by atoms with Gasteiger partial charge in [0.25, 0.3) is 0 Å². The van der Waals surface area contributed by atoms with E-state index >= 15 is 0 Å². The molecule has 2 fully saturated rings. The predicted molar refractivity (Wildman–Crippen MR) is 204 cm³/mol. The van der Waals surface area contributed by atoms with Gasteiger partial charge in [-0.25, -0.2) is 9.36 Å². The van der Waals surface area contributed by atoms with Gasteiger partial charge >= 0.3 is 13.1 Å². The number of ether oxygens (including phenoxy) is 3. The Morgan fingerprint density at radius 3 is 2.63 bits per heavy atom. The van der Waals surface area contributed by atoms with Gasteiger partial charge in [0.05, 0.1) is 50.5 Å². The highest BCUT2D eigenvalue weighted by molar-refractivity contribution is 14.1. The van der Waals surface area contributed by atoms with E-state index in [-0.39, 0.29) is 24.8 Å². The Hall–Kier alpha value is -3.25. The first kappa shape index (κ1) is 37.5. The highest BCUT2D eigenvalue weighted by Crippen LogP contribution is 2.38. The molecule has 1 aromatic carbocycles. The van der Waals surface area contributed by atoms with Gasteiger partial charge in [0.15, 0.2) is 6.23 Å². The molecule has 2 aliphatic heterocycles. The second-order valence-corrected chi connectivity index (χ2v) is 15.6. The number of hydrogen-bond donors (Lipinski definition) is 0. The number of methoxy groups -OCH3 is 1. The molecular weight excluding hydrogens is 764 g/mol. The minimum Gasteiger partial charge on any atom is -0.473 e. The number of fused-ring (bicyclic) bond motifs is 1. The molecule has 2 saturated heterocycles. The third-order valence-electron chi connectivity index (χ3n) is 10.0. The summed E-state index contributed by atoms with van der Waals surface area (Å²) in [5.74, 6) is 2.30. The molecule has 274 valence electrons. The van der Waals surface area contributed by atoms with Crippen LogP contribution in [0.25, 0.3) is 28.1 Å². The lowest BCUT2D eigenvalue weighted by molar-refractivity contribution is -0.141. The van der Waals surface area contributed by atoms with Crippen molar-refractivity contribution in [2.24, 2.45) is 7.05 Å². The molecule has 2 atom stereocenters. The van der Waals surface area contributed by atoms with Gasteiger partial charge in [-0.3, -0.25) is 14.4 Å². The zero-order valence-electron chi connectivity index (χ0n) is 31.1. The van der Waals surface area contributed by atoms with Crippen LogP contribution in [-0.2, 0) is 43.7 Å². The van der Waals surface area contributed by atoms with E-state index in [1.165, 1.54) is 7.11 Å². The number of aryl methyl sites for hydroxylation is 1. The Balaban J connectivity index is 1.23. The molecule has 6 rings (SSSR count). The summed E-state index contributed by atoms with van der Waals surface area (Å²) in [6, 6.07) is 6.36. The average molecular weight is 814 g/mol.